The highest BCUT2D eigenvalue weighted by atomic mass is 79.9. The van der Waals surface area contributed by atoms with Crippen LogP contribution < -0.4 is 10.1 Å². The van der Waals surface area contributed by atoms with Crippen molar-refractivity contribution >= 4 is 27.9 Å². The van der Waals surface area contributed by atoms with Gasteiger partial charge < -0.3 is 10.1 Å². The van der Waals surface area contributed by atoms with Gasteiger partial charge in [0.25, 0.3) is 5.91 Å². The number of nitriles is 1. The maximum Gasteiger partial charge on any atom is 0.262 e. The van der Waals surface area contributed by atoms with Crippen molar-refractivity contribution < 1.29 is 9.53 Å². The normalized spacial score (nSPS) is 12.2. The highest BCUT2D eigenvalue weighted by Crippen LogP contribution is 2.30. The van der Waals surface area contributed by atoms with Gasteiger partial charge >= 0.3 is 0 Å². The van der Waals surface area contributed by atoms with Crippen molar-refractivity contribution in [1.29, 1.82) is 5.26 Å². The average Bonchev–Trinajstić information content (AvgIpc) is 2.60. The fraction of sp³-hybridized carbons (Fsp3) is 0.158. The van der Waals surface area contributed by atoms with Crippen LogP contribution in [0, 0.1) is 11.3 Å². The lowest BCUT2D eigenvalue weighted by Crippen LogP contribution is -2.27. The molecule has 122 valence electrons. The summed E-state index contributed by atoms with van der Waals surface area (Å²) < 4.78 is 6.08. The van der Waals surface area contributed by atoms with E-state index in [1.807, 2.05) is 55.5 Å². The highest BCUT2D eigenvalue weighted by molar-refractivity contribution is 9.10. The molecular formula is C19H17BrN2O2. The van der Waals surface area contributed by atoms with E-state index in [2.05, 4.69) is 21.2 Å². The predicted octanol–water partition coefficient (Wildman–Crippen LogP) is 4.24. The third-order valence-electron chi connectivity index (χ3n) is 3.51. The third kappa shape index (κ3) is 4.24. The molecule has 0 saturated carbocycles. The summed E-state index contributed by atoms with van der Waals surface area (Å²) in [6.07, 6.45) is 1.52. The van der Waals surface area contributed by atoms with Gasteiger partial charge in [0, 0.05) is 5.56 Å². The lowest BCUT2D eigenvalue weighted by atomic mass is 10.1. The second-order valence-corrected chi connectivity index (χ2v) is 5.99. The zero-order chi connectivity index (χ0) is 17.5. The van der Waals surface area contributed by atoms with E-state index >= 15 is 0 Å². The van der Waals surface area contributed by atoms with Gasteiger partial charge in [0.2, 0.25) is 0 Å². The minimum absolute atomic E-state index is 0.0224. The molecule has 0 aromatic heterocycles. The number of rotatable bonds is 5. The molecule has 1 N–H and O–H groups in total. The van der Waals surface area contributed by atoms with E-state index in [1.165, 1.54) is 6.08 Å². The molecule has 0 fully saturated rings. The predicted molar refractivity (Wildman–Crippen MR) is 97.3 cm³/mol. The number of ether oxygens (including phenoxy) is 1. The quantitative estimate of drug-likeness (QED) is 0.619. The standard InChI is InChI=1S/C19H17BrN2O2/c1-13(14-7-4-3-5-8-14)22-19(23)16(12-21)11-15-9-6-10-17(20)18(15)24-2/h3-11,13H,1-2H3,(H,22,23)/b16-11+. The second kappa shape index (κ2) is 8.32. The number of para-hydroxylation sites is 1. The molecule has 0 saturated heterocycles. The molecule has 2 aromatic carbocycles. The molecule has 0 aliphatic heterocycles. The number of carbonyl (C=O) groups excluding carboxylic acids is 1. The van der Waals surface area contributed by atoms with Gasteiger partial charge in [-0.1, -0.05) is 42.5 Å². The van der Waals surface area contributed by atoms with E-state index in [0.29, 0.717) is 11.3 Å². The van der Waals surface area contributed by atoms with Gasteiger partial charge in [-0.2, -0.15) is 5.26 Å². The molecule has 2 rings (SSSR count). The largest absolute Gasteiger partial charge is 0.495 e. The van der Waals surface area contributed by atoms with Gasteiger partial charge in [-0.15, -0.1) is 0 Å². The molecule has 0 aliphatic rings. The smallest absolute Gasteiger partial charge is 0.262 e. The lowest BCUT2D eigenvalue weighted by Gasteiger charge is -2.14. The summed E-state index contributed by atoms with van der Waals surface area (Å²) in [5.74, 6) is 0.157. The number of hydrogen-bond acceptors (Lipinski definition) is 3. The number of nitrogens with one attached hydrogen (secondary N) is 1. The summed E-state index contributed by atoms with van der Waals surface area (Å²) in [5.41, 5.74) is 1.66. The summed E-state index contributed by atoms with van der Waals surface area (Å²) in [7, 11) is 1.54. The fourth-order valence-corrected chi connectivity index (χ4v) is 2.80. The number of halogens is 1. The monoisotopic (exact) mass is 384 g/mol. The van der Waals surface area contributed by atoms with Crippen LogP contribution in [0.5, 0.6) is 5.75 Å². The van der Waals surface area contributed by atoms with Gasteiger partial charge in [-0.25, -0.2) is 0 Å². The van der Waals surface area contributed by atoms with Crippen LogP contribution in [0.2, 0.25) is 0 Å². The summed E-state index contributed by atoms with van der Waals surface area (Å²) in [4.78, 5) is 12.4. The average molecular weight is 385 g/mol. The van der Waals surface area contributed by atoms with Gasteiger partial charge in [0.05, 0.1) is 17.6 Å². The first kappa shape index (κ1) is 17.8. The summed E-state index contributed by atoms with van der Waals surface area (Å²) in [6.45, 7) is 1.88. The Bertz CT molecular complexity index is 795. The maximum absolute atomic E-state index is 12.4. The van der Waals surface area contributed by atoms with E-state index in [-0.39, 0.29) is 11.6 Å². The fourth-order valence-electron chi connectivity index (χ4n) is 2.26. The summed E-state index contributed by atoms with van der Waals surface area (Å²) in [5, 5.41) is 12.2. The Morgan fingerprint density at radius 3 is 2.58 bits per heavy atom. The van der Waals surface area contributed by atoms with Crippen LogP contribution in [0.25, 0.3) is 6.08 Å². The van der Waals surface area contributed by atoms with Crippen molar-refractivity contribution in [3.05, 3.63) is 69.7 Å². The molecular weight excluding hydrogens is 368 g/mol. The molecule has 0 bridgehead atoms. The Hall–Kier alpha value is -2.58. The molecule has 0 spiro atoms. The van der Waals surface area contributed by atoms with Gasteiger partial charge in [0.15, 0.2) is 0 Å². The first-order valence-corrected chi connectivity index (χ1v) is 8.16. The Morgan fingerprint density at radius 1 is 1.25 bits per heavy atom. The van der Waals surface area contributed by atoms with Gasteiger partial charge in [0.1, 0.15) is 17.4 Å². The SMILES string of the molecule is COc1c(Br)cccc1/C=C(\C#N)C(=O)NC(C)c1ccccc1. The molecule has 1 unspecified atom stereocenters. The third-order valence-corrected chi connectivity index (χ3v) is 4.14. The van der Waals surface area contributed by atoms with Crippen molar-refractivity contribution in [3.8, 4) is 11.8 Å². The van der Waals surface area contributed by atoms with Crippen molar-refractivity contribution in [1.82, 2.24) is 5.32 Å². The molecule has 5 heteroatoms. The molecule has 4 nitrogen and oxygen atoms in total. The topological polar surface area (TPSA) is 62.1 Å². The first-order chi connectivity index (χ1) is 11.6. The Kier molecular flexibility index (Phi) is 6.16. The molecule has 2 aromatic rings. The van der Waals surface area contributed by atoms with Crippen LogP contribution in [0.15, 0.2) is 58.6 Å². The van der Waals surface area contributed by atoms with E-state index < -0.39 is 5.91 Å². The zero-order valence-corrected chi connectivity index (χ0v) is 15.0. The minimum Gasteiger partial charge on any atom is -0.495 e. The van der Waals surface area contributed by atoms with Crippen molar-refractivity contribution in [3.63, 3.8) is 0 Å². The Morgan fingerprint density at radius 2 is 1.96 bits per heavy atom. The summed E-state index contributed by atoms with van der Waals surface area (Å²) in [6, 6.07) is 16.8. The number of hydrogen-bond donors (Lipinski definition) is 1. The lowest BCUT2D eigenvalue weighted by molar-refractivity contribution is -0.117. The van der Waals surface area contributed by atoms with E-state index in [0.717, 1.165) is 10.0 Å². The van der Waals surface area contributed by atoms with Gasteiger partial charge in [-0.05, 0) is 40.6 Å². The maximum atomic E-state index is 12.4. The van der Waals surface area contributed by atoms with Gasteiger partial charge in [-0.3, -0.25) is 4.79 Å². The van der Waals surface area contributed by atoms with Crippen LogP contribution in [0.4, 0.5) is 0 Å². The number of methoxy groups -OCH3 is 1. The Balaban J connectivity index is 2.24. The molecule has 1 atom stereocenters. The van der Waals surface area contributed by atoms with E-state index in [1.54, 1.807) is 13.2 Å². The zero-order valence-electron chi connectivity index (χ0n) is 13.4. The molecule has 0 radical (unpaired) electrons. The number of benzene rings is 2. The highest BCUT2D eigenvalue weighted by Gasteiger charge is 2.15. The van der Waals surface area contributed by atoms with Crippen molar-refractivity contribution in [2.75, 3.05) is 7.11 Å². The molecule has 0 heterocycles. The number of carbonyl (C=O) groups is 1. The van der Waals surface area contributed by atoms with Crippen molar-refractivity contribution in [2.24, 2.45) is 0 Å². The van der Waals surface area contributed by atoms with E-state index in [4.69, 9.17) is 4.74 Å². The number of amides is 1. The van der Waals surface area contributed by atoms with Crippen molar-refractivity contribution in [2.45, 2.75) is 13.0 Å². The van der Waals surface area contributed by atoms with Crippen LogP contribution in [0.1, 0.15) is 24.1 Å². The molecule has 1 amide bonds. The number of nitrogens with zero attached hydrogens (tertiary/aromatic N) is 1. The minimum atomic E-state index is -0.420. The van der Waals surface area contributed by atoms with Crippen LogP contribution in [-0.2, 0) is 4.79 Å². The first-order valence-electron chi connectivity index (χ1n) is 7.37. The molecule has 0 aliphatic carbocycles. The summed E-state index contributed by atoms with van der Waals surface area (Å²) >= 11 is 3.39. The second-order valence-electron chi connectivity index (χ2n) is 5.14. The van der Waals surface area contributed by atoms with Crippen LogP contribution >= 0.6 is 15.9 Å². The molecule has 24 heavy (non-hydrogen) atoms. The Labute approximate surface area is 149 Å². The van der Waals surface area contributed by atoms with Crippen LogP contribution in [-0.4, -0.2) is 13.0 Å². The van der Waals surface area contributed by atoms with E-state index in [9.17, 15) is 10.1 Å². The van der Waals surface area contributed by atoms with Crippen LogP contribution in [0.3, 0.4) is 0 Å².